The molecule has 1 aromatic heterocycles. The molecule has 0 bridgehead atoms. The number of oxazole rings is 1. The molecule has 4 heteroatoms. The molecule has 18 heavy (non-hydrogen) atoms. The van der Waals surface area contributed by atoms with Gasteiger partial charge in [-0.2, -0.15) is 0 Å². The van der Waals surface area contributed by atoms with E-state index in [0.717, 1.165) is 15.6 Å². The summed E-state index contributed by atoms with van der Waals surface area (Å²) in [5.74, 6) is 0.599. The summed E-state index contributed by atoms with van der Waals surface area (Å²) in [6.45, 7) is 2.03. The summed E-state index contributed by atoms with van der Waals surface area (Å²) in [5, 5.41) is 0. The highest BCUT2D eigenvalue weighted by molar-refractivity contribution is 9.10. The zero-order chi connectivity index (χ0) is 12.7. The topological polar surface area (TPSA) is 52.0 Å². The van der Waals surface area contributed by atoms with Crippen molar-refractivity contribution in [3.8, 4) is 11.5 Å². The van der Waals surface area contributed by atoms with Gasteiger partial charge in [0.05, 0.1) is 5.69 Å². The minimum absolute atomic E-state index is 0.599. The van der Waals surface area contributed by atoms with Gasteiger partial charge in [0, 0.05) is 10.0 Å². The Labute approximate surface area is 113 Å². The summed E-state index contributed by atoms with van der Waals surface area (Å²) in [6, 6.07) is 11.5. The molecular weight excluding hydrogens is 292 g/mol. The first kappa shape index (κ1) is 11.3. The second-order valence-electron chi connectivity index (χ2n) is 4.13. The molecule has 0 aliphatic heterocycles. The molecule has 0 fully saturated rings. The van der Waals surface area contributed by atoms with Crippen molar-refractivity contribution in [3.63, 3.8) is 0 Å². The largest absolute Gasteiger partial charge is 0.436 e. The quantitative estimate of drug-likeness (QED) is 0.687. The fourth-order valence-corrected chi connectivity index (χ4v) is 2.29. The molecule has 2 aromatic carbocycles. The van der Waals surface area contributed by atoms with Crippen LogP contribution in [-0.2, 0) is 0 Å². The van der Waals surface area contributed by atoms with Gasteiger partial charge in [-0.15, -0.1) is 0 Å². The highest BCUT2D eigenvalue weighted by atomic mass is 79.9. The van der Waals surface area contributed by atoms with E-state index in [0.29, 0.717) is 22.7 Å². The van der Waals surface area contributed by atoms with Crippen molar-refractivity contribution in [1.29, 1.82) is 0 Å². The molecule has 0 aliphatic carbocycles. The predicted molar refractivity (Wildman–Crippen MR) is 76.3 cm³/mol. The van der Waals surface area contributed by atoms with E-state index in [4.69, 9.17) is 10.2 Å². The van der Waals surface area contributed by atoms with E-state index in [-0.39, 0.29) is 0 Å². The first-order chi connectivity index (χ1) is 8.66. The number of fused-ring (bicyclic) bond motifs is 1. The Morgan fingerprint density at radius 3 is 2.72 bits per heavy atom. The Morgan fingerprint density at radius 2 is 1.94 bits per heavy atom. The van der Waals surface area contributed by atoms with Crippen LogP contribution in [0.1, 0.15) is 5.56 Å². The number of hydrogen-bond donors (Lipinski definition) is 1. The summed E-state index contributed by atoms with van der Waals surface area (Å²) < 4.78 is 6.80. The average Bonchev–Trinajstić information content (AvgIpc) is 2.78. The van der Waals surface area contributed by atoms with Crippen molar-refractivity contribution in [3.05, 3.63) is 46.4 Å². The Hall–Kier alpha value is -1.81. The van der Waals surface area contributed by atoms with Crippen molar-refractivity contribution < 1.29 is 4.42 Å². The van der Waals surface area contributed by atoms with E-state index in [1.807, 2.05) is 43.3 Å². The first-order valence-electron chi connectivity index (χ1n) is 5.57. The van der Waals surface area contributed by atoms with E-state index in [9.17, 15) is 0 Å². The van der Waals surface area contributed by atoms with Gasteiger partial charge in [0.25, 0.3) is 0 Å². The smallest absolute Gasteiger partial charge is 0.227 e. The van der Waals surface area contributed by atoms with Gasteiger partial charge in [0.1, 0.15) is 5.52 Å². The summed E-state index contributed by atoms with van der Waals surface area (Å²) in [5.41, 5.74) is 10.0. The summed E-state index contributed by atoms with van der Waals surface area (Å²) >= 11 is 3.51. The SMILES string of the molecule is Cc1c(Br)cccc1-c1nc2c(N)cccc2o1. The zero-order valence-corrected chi connectivity index (χ0v) is 11.4. The summed E-state index contributed by atoms with van der Waals surface area (Å²) in [7, 11) is 0. The molecule has 3 nitrogen and oxygen atoms in total. The van der Waals surface area contributed by atoms with Gasteiger partial charge in [-0.3, -0.25) is 0 Å². The number of aromatic nitrogens is 1. The van der Waals surface area contributed by atoms with E-state index in [1.54, 1.807) is 0 Å². The number of nitrogen functional groups attached to an aromatic ring is 1. The van der Waals surface area contributed by atoms with Crippen molar-refractivity contribution in [2.24, 2.45) is 0 Å². The van der Waals surface area contributed by atoms with E-state index >= 15 is 0 Å². The van der Waals surface area contributed by atoms with Crippen molar-refractivity contribution in [2.75, 3.05) is 5.73 Å². The third-order valence-corrected chi connectivity index (χ3v) is 3.81. The number of benzene rings is 2. The number of rotatable bonds is 1. The highest BCUT2D eigenvalue weighted by Crippen LogP contribution is 2.31. The number of anilines is 1. The number of hydrogen-bond acceptors (Lipinski definition) is 3. The predicted octanol–water partition coefficient (Wildman–Crippen LogP) is 4.15. The molecule has 0 saturated heterocycles. The monoisotopic (exact) mass is 302 g/mol. The van der Waals surface area contributed by atoms with Crippen LogP contribution in [-0.4, -0.2) is 4.98 Å². The normalized spacial score (nSPS) is 11.0. The van der Waals surface area contributed by atoms with Crippen LogP contribution in [0.4, 0.5) is 5.69 Å². The lowest BCUT2D eigenvalue weighted by Crippen LogP contribution is -1.86. The molecule has 0 aliphatic rings. The fraction of sp³-hybridized carbons (Fsp3) is 0.0714. The zero-order valence-electron chi connectivity index (χ0n) is 9.77. The minimum Gasteiger partial charge on any atom is -0.436 e. The minimum atomic E-state index is 0.599. The van der Waals surface area contributed by atoms with Gasteiger partial charge in [-0.1, -0.05) is 28.1 Å². The third kappa shape index (κ3) is 1.69. The maximum Gasteiger partial charge on any atom is 0.227 e. The van der Waals surface area contributed by atoms with Crippen LogP contribution in [0.5, 0.6) is 0 Å². The Kier molecular flexibility index (Phi) is 2.59. The Balaban J connectivity index is 2.26. The third-order valence-electron chi connectivity index (χ3n) is 2.95. The van der Waals surface area contributed by atoms with E-state index < -0.39 is 0 Å². The lowest BCUT2D eigenvalue weighted by molar-refractivity contribution is 0.619. The van der Waals surface area contributed by atoms with Gasteiger partial charge in [0.2, 0.25) is 5.89 Å². The molecule has 0 amide bonds. The van der Waals surface area contributed by atoms with Crippen LogP contribution >= 0.6 is 15.9 Å². The number of nitrogens with zero attached hydrogens (tertiary/aromatic N) is 1. The van der Waals surface area contributed by atoms with Crippen LogP contribution in [0.2, 0.25) is 0 Å². The average molecular weight is 303 g/mol. The lowest BCUT2D eigenvalue weighted by atomic mass is 10.1. The Morgan fingerprint density at radius 1 is 1.17 bits per heavy atom. The van der Waals surface area contributed by atoms with Crippen molar-refractivity contribution >= 4 is 32.7 Å². The standard InChI is InChI=1S/C14H11BrN2O/c1-8-9(4-2-5-10(8)15)14-17-13-11(16)6-3-7-12(13)18-14/h2-7H,16H2,1H3. The Bertz CT molecular complexity index is 734. The number of para-hydroxylation sites is 1. The van der Waals surface area contributed by atoms with Gasteiger partial charge < -0.3 is 10.2 Å². The van der Waals surface area contributed by atoms with E-state index in [1.165, 1.54) is 0 Å². The first-order valence-corrected chi connectivity index (χ1v) is 6.36. The molecule has 0 radical (unpaired) electrons. The molecular formula is C14H11BrN2O. The highest BCUT2D eigenvalue weighted by Gasteiger charge is 2.12. The summed E-state index contributed by atoms with van der Waals surface area (Å²) in [6.07, 6.45) is 0. The van der Waals surface area contributed by atoms with Crippen LogP contribution in [0, 0.1) is 6.92 Å². The molecule has 0 unspecified atom stereocenters. The van der Waals surface area contributed by atoms with Crippen molar-refractivity contribution in [1.82, 2.24) is 4.98 Å². The van der Waals surface area contributed by atoms with Gasteiger partial charge in [0.15, 0.2) is 5.58 Å². The van der Waals surface area contributed by atoms with Crippen LogP contribution in [0.3, 0.4) is 0 Å². The molecule has 90 valence electrons. The molecule has 1 heterocycles. The maximum absolute atomic E-state index is 5.88. The van der Waals surface area contributed by atoms with Crippen LogP contribution in [0.15, 0.2) is 45.3 Å². The molecule has 0 atom stereocenters. The number of nitrogens with two attached hydrogens (primary N) is 1. The molecule has 3 aromatic rings. The molecule has 0 spiro atoms. The molecule has 3 rings (SSSR count). The van der Waals surface area contributed by atoms with Gasteiger partial charge in [-0.05, 0) is 36.8 Å². The number of halogens is 1. The molecule has 0 saturated carbocycles. The van der Waals surface area contributed by atoms with E-state index in [2.05, 4.69) is 20.9 Å². The van der Waals surface area contributed by atoms with Crippen molar-refractivity contribution in [2.45, 2.75) is 6.92 Å². The second-order valence-corrected chi connectivity index (χ2v) is 4.98. The summed E-state index contributed by atoms with van der Waals surface area (Å²) in [4.78, 5) is 4.47. The van der Waals surface area contributed by atoms with Gasteiger partial charge in [-0.25, -0.2) is 4.98 Å². The van der Waals surface area contributed by atoms with Crippen LogP contribution in [0.25, 0.3) is 22.6 Å². The maximum atomic E-state index is 5.88. The fourth-order valence-electron chi connectivity index (χ4n) is 1.92. The second kappa shape index (κ2) is 4.14. The van der Waals surface area contributed by atoms with Crippen LogP contribution < -0.4 is 5.73 Å². The van der Waals surface area contributed by atoms with Gasteiger partial charge >= 0.3 is 0 Å². The lowest BCUT2D eigenvalue weighted by Gasteiger charge is -2.02. The molecule has 2 N–H and O–H groups in total.